The van der Waals surface area contributed by atoms with Gasteiger partial charge in [-0.25, -0.2) is 0 Å². The highest BCUT2D eigenvalue weighted by Crippen LogP contribution is 2.47. The molecule has 22 heavy (non-hydrogen) atoms. The van der Waals surface area contributed by atoms with Crippen LogP contribution in [0.25, 0.3) is 0 Å². The van der Waals surface area contributed by atoms with Crippen LogP contribution in [0, 0.1) is 18.8 Å². The van der Waals surface area contributed by atoms with Gasteiger partial charge in [-0.05, 0) is 37.7 Å². The maximum Gasteiger partial charge on any atom is 0.0785 e. The maximum absolute atomic E-state index is 9.50. The van der Waals surface area contributed by atoms with Gasteiger partial charge in [0.15, 0.2) is 0 Å². The number of nitrogens with one attached hydrogen (secondary N) is 1. The standard InChI is InChI=1S/C13H17N.2C2H6.C2H2.CH3F/c1-13-8-11(9-13)12(14-13)7-10-5-3-2-4-6-10;4*1-2/h2-6,11-12,14H,7-9H2,1H3;2*1-2H3;1-2H;1H3. The van der Waals surface area contributed by atoms with Crippen molar-refractivity contribution in [3.63, 3.8) is 0 Å². The fourth-order valence-corrected chi connectivity index (χ4v) is 3.15. The Hall–Kier alpha value is -1.33. The average molecular weight is 307 g/mol. The molecule has 1 unspecified atom stereocenters. The summed E-state index contributed by atoms with van der Waals surface area (Å²) in [6, 6.07) is 11.6. The summed E-state index contributed by atoms with van der Waals surface area (Å²) in [5, 5.41) is 3.75. The molecule has 126 valence electrons. The topological polar surface area (TPSA) is 12.0 Å². The number of rotatable bonds is 2. The number of terminal acetylenes is 1. The first kappa shape index (κ1) is 22.9. The van der Waals surface area contributed by atoms with E-state index in [-0.39, 0.29) is 0 Å². The van der Waals surface area contributed by atoms with E-state index < -0.39 is 0 Å². The van der Waals surface area contributed by atoms with Crippen LogP contribution in [0.1, 0.15) is 53.0 Å². The summed E-state index contributed by atoms with van der Waals surface area (Å²) in [5.41, 5.74) is 1.96. The van der Waals surface area contributed by atoms with Crippen LogP contribution in [-0.4, -0.2) is 18.8 Å². The lowest BCUT2D eigenvalue weighted by Crippen LogP contribution is -2.39. The predicted octanol–water partition coefficient (Wildman–Crippen LogP) is 5.26. The van der Waals surface area contributed by atoms with E-state index in [9.17, 15) is 4.39 Å². The van der Waals surface area contributed by atoms with Gasteiger partial charge in [0, 0.05) is 11.6 Å². The predicted molar refractivity (Wildman–Crippen MR) is 97.8 cm³/mol. The molecule has 0 aromatic heterocycles. The average Bonchev–Trinajstić information content (AvgIpc) is 3.08. The summed E-state index contributed by atoms with van der Waals surface area (Å²) >= 11 is 0. The van der Waals surface area contributed by atoms with E-state index in [4.69, 9.17) is 0 Å². The minimum atomic E-state index is 0.490. The molecule has 2 aliphatic heterocycles. The smallest absolute Gasteiger partial charge is 0.0785 e. The minimum absolute atomic E-state index is 0.490. The Morgan fingerprint density at radius 1 is 1.05 bits per heavy atom. The third-order valence-electron chi connectivity index (χ3n) is 3.83. The lowest BCUT2D eigenvalue weighted by atomic mass is 9.73. The molecule has 1 saturated carbocycles. The van der Waals surface area contributed by atoms with Gasteiger partial charge in [0.2, 0.25) is 0 Å². The Morgan fingerprint density at radius 2 is 1.50 bits per heavy atom. The van der Waals surface area contributed by atoms with E-state index >= 15 is 0 Å². The minimum Gasteiger partial charge on any atom is -0.308 e. The van der Waals surface area contributed by atoms with Gasteiger partial charge in [-0.2, -0.15) is 0 Å². The highest BCUT2D eigenvalue weighted by molar-refractivity contribution is 5.20. The van der Waals surface area contributed by atoms with Gasteiger partial charge in [0.1, 0.15) is 0 Å². The van der Waals surface area contributed by atoms with Crippen LogP contribution in [0.3, 0.4) is 0 Å². The van der Waals surface area contributed by atoms with E-state index in [1.807, 2.05) is 27.7 Å². The van der Waals surface area contributed by atoms with Gasteiger partial charge < -0.3 is 5.32 Å². The Morgan fingerprint density at radius 3 is 1.86 bits per heavy atom. The Kier molecular flexibility index (Phi) is 13.9. The summed E-state index contributed by atoms with van der Waals surface area (Å²) < 4.78 is 9.50. The maximum atomic E-state index is 9.50. The molecule has 1 nitrogen and oxygen atoms in total. The Balaban J connectivity index is 0. The first-order chi connectivity index (χ1) is 10.8. The molecule has 0 spiro atoms. The summed E-state index contributed by atoms with van der Waals surface area (Å²) in [6.07, 6.45) is 12.0. The molecular formula is C20H34FN. The van der Waals surface area contributed by atoms with Crippen LogP contribution in [-0.2, 0) is 6.42 Å². The molecule has 1 aromatic rings. The number of hydrogen-bond donors (Lipinski definition) is 1. The van der Waals surface area contributed by atoms with Crippen molar-refractivity contribution in [2.75, 3.05) is 7.18 Å². The fraction of sp³-hybridized carbons (Fsp3) is 0.600. The van der Waals surface area contributed by atoms with Crippen molar-refractivity contribution in [2.24, 2.45) is 5.92 Å². The van der Waals surface area contributed by atoms with Crippen molar-refractivity contribution in [3.05, 3.63) is 35.9 Å². The number of halogens is 1. The van der Waals surface area contributed by atoms with Crippen LogP contribution in [0.15, 0.2) is 30.3 Å². The van der Waals surface area contributed by atoms with E-state index in [2.05, 4.69) is 55.4 Å². The monoisotopic (exact) mass is 307 g/mol. The third kappa shape index (κ3) is 6.62. The largest absolute Gasteiger partial charge is 0.308 e. The zero-order chi connectivity index (χ0) is 17.6. The van der Waals surface area contributed by atoms with Crippen LogP contribution in [0.5, 0.6) is 0 Å². The van der Waals surface area contributed by atoms with Gasteiger partial charge >= 0.3 is 0 Å². The molecular weight excluding hydrogens is 273 g/mol. The summed E-state index contributed by atoms with van der Waals surface area (Å²) in [5.74, 6) is 0.945. The zero-order valence-corrected chi connectivity index (χ0v) is 15.2. The van der Waals surface area contributed by atoms with Gasteiger partial charge in [-0.15, -0.1) is 12.8 Å². The van der Waals surface area contributed by atoms with E-state index in [0.29, 0.717) is 12.7 Å². The van der Waals surface area contributed by atoms with Gasteiger partial charge in [0.25, 0.3) is 0 Å². The molecule has 3 aliphatic rings. The van der Waals surface area contributed by atoms with E-state index in [1.165, 1.54) is 24.8 Å². The van der Waals surface area contributed by atoms with Crippen molar-refractivity contribution < 1.29 is 4.39 Å². The molecule has 0 radical (unpaired) electrons. The SMILES string of the molecule is C#C.CC.CC.CC12CC(C1)C(Cc1ccccc1)N2.CF. The first-order valence-corrected chi connectivity index (χ1v) is 8.28. The number of hydrogen-bond acceptors (Lipinski definition) is 1. The Bertz CT molecular complexity index is 366. The molecule has 2 heterocycles. The van der Waals surface area contributed by atoms with Gasteiger partial charge in [0.05, 0.1) is 7.18 Å². The highest BCUT2D eigenvalue weighted by Gasteiger charge is 2.52. The molecule has 1 aromatic carbocycles. The molecule has 2 bridgehead atoms. The second-order valence-corrected chi connectivity index (χ2v) is 5.17. The number of alkyl halides is 1. The fourth-order valence-electron chi connectivity index (χ4n) is 3.15. The molecule has 1 N–H and O–H groups in total. The lowest BCUT2D eigenvalue weighted by molar-refractivity contribution is 0.246. The molecule has 1 atom stereocenters. The summed E-state index contributed by atoms with van der Waals surface area (Å²) in [4.78, 5) is 0. The lowest BCUT2D eigenvalue weighted by Gasteiger charge is -2.33. The number of benzene rings is 1. The van der Waals surface area contributed by atoms with Crippen molar-refractivity contribution in [3.8, 4) is 12.8 Å². The van der Waals surface area contributed by atoms with Crippen molar-refractivity contribution in [1.82, 2.24) is 5.32 Å². The van der Waals surface area contributed by atoms with Crippen LogP contribution >= 0.6 is 0 Å². The van der Waals surface area contributed by atoms with E-state index in [1.54, 1.807) is 0 Å². The Labute approximate surface area is 137 Å². The second-order valence-electron chi connectivity index (χ2n) is 5.17. The van der Waals surface area contributed by atoms with Crippen LogP contribution in [0.2, 0.25) is 0 Å². The quantitative estimate of drug-likeness (QED) is 0.735. The summed E-state index contributed by atoms with van der Waals surface area (Å²) in [7, 11) is 0.500. The van der Waals surface area contributed by atoms with Crippen LogP contribution in [0.4, 0.5) is 4.39 Å². The highest BCUT2D eigenvalue weighted by atomic mass is 19.1. The normalized spacial score (nSPS) is 26.0. The summed E-state index contributed by atoms with van der Waals surface area (Å²) in [6.45, 7) is 10.4. The van der Waals surface area contributed by atoms with E-state index in [0.717, 1.165) is 12.0 Å². The second kappa shape index (κ2) is 13.3. The third-order valence-corrected chi connectivity index (χ3v) is 3.83. The van der Waals surface area contributed by atoms with Crippen molar-refractivity contribution >= 4 is 0 Å². The molecule has 0 amide bonds. The van der Waals surface area contributed by atoms with Crippen molar-refractivity contribution in [1.29, 1.82) is 0 Å². The van der Waals surface area contributed by atoms with Gasteiger partial charge in [-0.3, -0.25) is 4.39 Å². The molecule has 1 aliphatic carbocycles. The molecule has 2 saturated heterocycles. The zero-order valence-electron chi connectivity index (χ0n) is 15.2. The van der Waals surface area contributed by atoms with Crippen molar-refractivity contribution in [2.45, 2.75) is 65.5 Å². The number of fused-ring (bicyclic) bond motifs is 1. The van der Waals surface area contributed by atoms with Gasteiger partial charge in [-0.1, -0.05) is 58.0 Å². The first-order valence-electron chi connectivity index (χ1n) is 8.28. The molecule has 2 heteroatoms. The molecule has 3 fully saturated rings. The molecule has 4 rings (SSSR count). The van der Waals surface area contributed by atoms with Crippen LogP contribution < -0.4 is 5.32 Å².